The number of ether oxygens (including phenoxy) is 1. The van der Waals surface area contributed by atoms with Crippen LogP contribution in [0.1, 0.15) is 13.3 Å². The third kappa shape index (κ3) is 4.42. The van der Waals surface area contributed by atoms with Crippen molar-refractivity contribution in [3.8, 4) is 0 Å². The summed E-state index contributed by atoms with van der Waals surface area (Å²) in [6, 6.07) is 0. The molecule has 0 aromatic carbocycles. The van der Waals surface area contributed by atoms with Crippen molar-refractivity contribution in [1.29, 1.82) is 0 Å². The predicted octanol–water partition coefficient (Wildman–Crippen LogP) is 1.02. The van der Waals surface area contributed by atoms with Gasteiger partial charge in [-0.15, -0.1) is 11.3 Å². The van der Waals surface area contributed by atoms with Crippen LogP contribution in [0.2, 0.25) is 0 Å². The second-order valence-corrected chi connectivity index (χ2v) is 5.62. The zero-order valence-corrected chi connectivity index (χ0v) is 12.4. The highest BCUT2D eigenvalue weighted by Crippen LogP contribution is 2.18. The van der Waals surface area contributed by atoms with Crippen LogP contribution in [-0.2, 0) is 4.74 Å². The average Bonchev–Trinajstić information content (AvgIpc) is 2.98. The summed E-state index contributed by atoms with van der Waals surface area (Å²) >= 11 is 1.72. The molecule has 19 heavy (non-hydrogen) atoms. The van der Waals surface area contributed by atoms with E-state index in [1.54, 1.807) is 11.3 Å². The smallest absolute Gasteiger partial charge is 0.185 e. The van der Waals surface area contributed by atoms with Gasteiger partial charge in [0, 0.05) is 57.5 Å². The van der Waals surface area contributed by atoms with Crippen LogP contribution >= 0.6 is 11.3 Å². The number of rotatable bonds is 7. The minimum Gasteiger partial charge on any atom is -0.377 e. The molecule has 2 heterocycles. The number of piperazine rings is 1. The van der Waals surface area contributed by atoms with Gasteiger partial charge in [-0.1, -0.05) is 0 Å². The maximum Gasteiger partial charge on any atom is 0.185 e. The van der Waals surface area contributed by atoms with E-state index in [2.05, 4.69) is 14.8 Å². The van der Waals surface area contributed by atoms with Crippen molar-refractivity contribution in [2.24, 2.45) is 5.73 Å². The highest BCUT2D eigenvalue weighted by atomic mass is 32.1. The molecule has 2 rings (SSSR count). The lowest BCUT2D eigenvalue weighted by Gasteiger charge is -2.35. The molecule has 1 unspecified atom stereocenters. The quantitative estimate of drug-likeness (QED) is 0.810. The Morgan fingerprint density at radius 3 is 2.79 bits per heavy atom. The molecule has 0 saturated carbocycles. The number of thiazole rings is 1. The molecule has 0 bridgehead atoms. The van der Waals surface area contributed by atoms with Crippen molar-refractivity contribution in [3.05, 3.63) is 11.6 Å². The van der Waals surface area contributed by atoms with Gasteiger partial charge in [0.05, 0.1) is 6.10 Å². The van der Waals surface area contributed by atoms with E-state index in [0.717, 1.165) is 50.9 Å². The Balaban J connectivity index is 1.68. The van der Waals surface area contributed by atoms with Crippen LogP contribution in [0, 0.1) is 0 Å². The zero-order chi connectivity index (χ0) is 13.5. The first-order valence-corrected chi connectivity index (χ1v) is 7.90. The Morgan fingerprint density at radius 2 is 2.21 bits per heavy atom. The Hall–Kier alpha value is -0.690. The van der Waals surface area contributed by atoms with Crippen molar-refractivity contribution >= 4 is 16.5 Å². The third-order valence-corrected chi connectivity index (χ3v) is 4.33. The fraction of sp³-hybridized carbons (Fsp3) is 0.769. The second kappa shape index (κ2) is 7.79. The summed E-state index contributed by atoms with van der Waals surface area (Å²) in [6.07, 6.45) is 3.11. The first-order chi connectivity index (χ1) is 9.33. The molecular weight excluding hydrogens is 260 g/mol. The fourth-order valence-electron chi connectivity index (χ4n) is 2.37. The van der Waals surface area contributed by atoms with Crippen LogP contribution in [0.15, 0.2) is 11.6 Å². The van der Waals surface area contributed by atoms with Crippen LogP contribution in [0.5, 0.6) is 0 Å². The Morgan fingerprint density at radius 1 is 1.42 bits per heavy atom. The van der Waals surface area contributed by atoms with E-state index >= 15 is 0 Å². The van der Waals surface area contributed by atoms with Crippen LogP contribution in [0.25, 0.3) is 0 Å². The summed E-state index contributed by atoms with van der Waals surface area (Å²) < 4.78 is 5.59. The normalized spacial score (nSPS) is 18.7. The molecule has 1 saturated heterocycles. The van der Waals surface area contributed by atoms with Gasteiger partial charge in [-0.05, 0) is 13.3 Å². The van der Waals surface area contributed by atoms with E-state index in [0.29, 0.717) is 6.54 Å². The summed E-state index contributed by atoms with van der Waals surface area (Å²) in [5, 5.41) is 3.18. The number of hydrogen-bond donors (Lipinski definition) is 1. The molecule has 0 spiro atoms. The Kier molecular flexibility index (Phi) is 6.03. The number of aromatic nitrogens is 1. The number of anilines is 1. The SMILES string of the molecule is CCOC(CN)CCN1CCN(c2nccs2)CC1. The van der Waals surface area contributed by atoms with E-state index in [4.69, 9.17) is 10.5 Å². The summed E-state index contributed by atoms with van der Waals surface area (Å²) in [6.45, 7) is 8.80. The standard InChI is InChI=1S/C13H24N4OS/c1-2-18-12(11-14)3-5-16-6-8-17(9-7-16)13-15-4-10-19-13/h4,10,12H,2-3,5-9,11,14H2,1H3. The molecule has 1 atom stereocenters. The summed E-state index contributed by atoms with van der Waals surface area (Å²) in [4.78, 5) is 9.22. The van der Waals surface area contributed by atoms with Gasteiger partial charge in [0.1, 0.15) is 0 Å². The number of nitrogens with two attached hydrogens (primary N) is 1. The summed E-state index contributed by atoms with van der Waals surface area (Å²) in [7, 11) is 0. The lowest BCUT2D eigenvalue weighted by atomic mass is 10.2. The van der Waals surface area contributed by atoms with Crippen LogP contribution in [0.4, 0.5) is 5.13 Å². The molecule has 6 heteroatoms. The zero-order valence-electron chi connectivity index (χ0n) is 11.6. The van der Waals surface area contributed by atoms with Gasteiger partial charge in [0.2, 0.25) is 0 Å². The first kappa shape index (κ1) is 14.7. The van der Waals surface area contributed by atoms with Crippen LogP contribution in [0.3, 0.4) is 0 Å². The molecule has 1 aliphatic heterocycles. The van der Waals surface area contributed by atoms with Gasteiger partial charge in [-0.25, -0.2) is 4.98 Å². The lowest BCUT2D eigenvalue weighted by Crippen LogP contribution is -2.47. The van der Waals surface area contributed by atoms with Gasteiger partial charge >= 0.3 is 0 Å². The van der Waals surface area contributed by atoms with Crippen molar-refractivity contribution in [1.82, 2.24) is 9.88 Å². The molecular formula is C13H24N4OS. The second-order valence-electron chi connectivity index (χ2n) is 4.75. The number of hydrogen-bond acceptors (Lipinski definition) is 6. The largest absolute Gasteiger partial charge is 0.377 e. The first-order valence-electron chi connectivity index (χ1n) is 7.02. The highest BCUT2D eigenvalue weighted by Gasteiger charge is 2.19. The molecule has 1 aromatic rings. The van der Waals surface area contributed by atoms with Gasteiger partial charge in [-0.3, -0.25) is 4.90 Å². The molecule has 1 fully saturated rings. The van der Waals surface area contributed by atoms with Crippen molar-refractivity contribution < 1.29 is 4.74 Å². The summed E-state index contributed by atoms with van der Waals surface area (Å²) in [5.41, 5.74) is 5.70. The highest BCUT2D eigenvalue weighted by molar-refractivity contribution is 7.13. The van der Waals surface area contributed by atoms with Gasteiger partial charge in [0.25, 0.3) is 0 Å². The molecule has 1 aliphatic rings. The minimum absolute atomic E-state index is 0.210. The van der Waals surface area contributed by atoms with Gasteiger partial charge in [0.15, 0.2) is 5.13 Å². The van der Waals surface area contributed by atoms with E-state index in [1.807, 2.05) is 18.5 Å². The average molecular weight is 284 g/mol. The van der Waals surface area contributed by atoms with E-state index in [9.17, 15) is 0 Å². The molecule has 108 valence electrons. The van der Waals surface area contributed by atoms with E-state index in [1.165, 1.54) is 0 Å². The molecule has 1 aromatic heterocycles. The Labute approximate surface area is 119 Å². The van der Waals surface area contributed by atoms with E-state index in [-0.39, 0.29) is 6.10 Å². The summed E-state index contributed by atoms with van der Waals surface area (Å²) in [5.74, 6) is 0. The fourth-order valence-corrected chi connectivity index (χ4v) is 3.06. The minimum atomic E-state index is 0.210. The lowest BCUT2D eigenvalue weighted by molar-refractivity contribution is 0.0538. The molecule has 2 N–H and O–H groups in total. The molecule has 0 amide bonds. The van der Waals surface area contributed by atoms with Crippen LogP contribution < -0.4 is 10.6 Å². The molecule has 0 radical (unpaired) electrons. The predicted molar refractivity (Wildman–Crippen MR) is 79.9 cm³/mol. The van der Waals surface area contributed by atoms with Gasteiger partial charge in [-0.2, -0.15) is 0 Å². The Bertz CT molecular complexity index is 338. The van der Waals surface area contributed by atoms with Crippen molar-refractivity contribution in [2.45, 2.75) is 19.4 Å². The van der Waals surface area contributed by atoms with Gasteiger partial charge < -0.3 is 15.4 Å². The molecule has 5 nitrogen and oxygen atoms in total. The third-order valence-electron chi connectivity index (χ3n) is 3.49. The van der Waals surface area contributed by atoms with E-state index < -0.39 is 0 Å². The monoisotopic (exact) mass is 284 g/mol. The maximum absolute atomic E-state index is 5.70. The topological polar surface area (TPSA) is 54.6 Å². The van der Waals surface area contributed by atoms with Crippen molar-refractivity contribution in [2.75, 3.05) is 50.8 Å². The number of nitrogens with zero attached hydrogens (tertiary/aromatic N) is 3. The van der Waals surface area contributed by atoms with Crippen LogP contribution in [-0.4, -0.2) is 61.9 Å². The molecule has 0 aliphatic carbocycles. The maximum atomic E-state index is 5.70. The van der Waals surface area contributed by atoms with Crippen molar-refractivity contribution in [3.63, 3.8) is 0 Å².